The minimum absolute atomic E-state index is 0.00224. The molecule has 1 amide bonds. The van der Waals surface area contributed by atoms with Crippen LogP contribution in [-0.2, 0) is 6.42 Å². The summed E-state index contributed by atoms with van der Waals surface area (Å²) in [7, 11) is 0. The smallest absolute Gasteiger partial charge is 0.259 e. The van der Waals surface area contributed by atoms with Gasteiger partial charge in [-0.15, -0.1) is 0 Å². The van der Waals surface area contributed by atoms with Gasteiger partial charge in [0.05, 0.1) is 5.56 Å². The molecule has 148 valence electrons. The highest BCUT2D eigenvalue weighted by molar-refractivity contribution is 6.07. The van der Waals surface area contributed by atoms with Crippen LogP contribution in [0, 0.1) is 0 Å². The molecular formula is C24H26N4O. The van der Waals surface area contributed by atoms with Gasteiger partial charge in [-0.05, 0) is 68.3 Å². The Hall–Kier alpha value is -3.34. The standard InChI is InChI=1S/C24H26N4O/c1-3-27(4-2)21-12-10-20(11-13-21)26-23-14-9-19(17-25-23)24(29)28-16-15-18-7-5-6-8-22(18)28/h5-14,17H,3-4,15-16H2,1-2H3,(H,25,26). The minimum atomic E-state index is -0.00224. The molecule has 2 aromatic carbocycles. The molecule has 3 aromatic rings. The van der Waals surface area contributed by atoms with Crippen molar-refractivity contribution in [2.45, 2.75) is 20.3 Å². The maximum atomic E-state index is 12.9. The first kappa shape index (κ1) is 19.0. The number of fused-ring (bicyclic) bond motifs is 1. The number of nitrogens with zero attached hydrogens (tertiary/aromatic N) is 3. The van der Waals surface area contributed by atoms with E-state index in [1.807, 2.05) is 35.2 Å². The quantitative estimate of drug-likeness (QED) is 0.656. The van der Waals surface area contributed by atoms with Crippen molar-refractivity contribution in [2.24, 2.45) is 0 Å². The lowest BCUT2D eigenvalue weighted by Crippen LogP contribution is -2.28. The minimum Gasteiger partial charge on any atom is -0.372 e. The number of amides is 1. The number of rotatable bonds is 6. The number of benzene rings is 2. The van der Waals surface area contributed by atoms with Crippen molar-refractivity contribution in [3.63, 3.8) is 0 Å². The summed E-state index contributed by atoms with van der Waals surface area (Å²) < 4.78 is 0. The molecule has 0 saturated heterocycles. The van der Waals surface area contributed by atoms with E-state index in [2.05, 4.69) is 59.4 Å². The summed E-state index contributed by atoms with van der Waals surface area (Å²) in [6.45, 7) is 7.01. The molecule has 5 nitrogen and oxygen atoms in total. The number of nitrogens with one attached hydrogen (secondary N) is 1. The van der Waals surface area contributed by atoms with Crippen LogP contribution in [0.25, 0.3) is 0 Å². The molecule has 1 aliphatic rings. The second kappa shape index (κ2) is 8.35. The highest BCUT2D eigenvalue weighted by Crippen LogP contribution is 2.29. The first-order valence-corrected chi connectivity index (χ1v) is 10.2. The van der Waals surface area contributed by atoms with Crippen molar-refractivity contribution in [1.29, 1.82) is 0 Å². The first-order valence-electron chi connectivity index (χ1n) is 10.2. The molecular weight excluding hydrogens is 360 g/mol. The number of aromatic nitrogens is 1. The summed E-state index contributed by atoms with van der Waals surface area (Å²) >= 11 is 0. The second-order valence-corrected chi connectivity index (χ2v) is 7.11. The summed E-state index contributed by atoms with van der Waals surface area (Å²) in [5.74, 6) is 0.719. The topological polar surface area (TPSA) is 48.5 Å². The molecule has 0 radical (unpaired) electrons. The van der Waals surface area contributed by atoms with Crippen molar-refractivity contribution in [3.05, 3.63) is 78.0 Å². The number of hydrogen-bond donors (Lipinski definition) is 1. The molecule has 0 unspecified atom stereocenters. The van der Waals surface area contributed by atoms with Gasteiger partial charge in [-0.2, -0.15) is 0 Å². The van der Waals surface area contributed by atoms with Crippen molar-refractivity contribution < 1.29 is 4.79 Å². The summed E-state index contributed by atoms with van der Waals surface area (Å²) in [5, 5.41) is 3.30. The average molecular weight is 386 g/mol. The Bertz CT molecular complexity index is 979. The van der Waals surface area contributed by atoms with E-state index < -0.39 is 0 Å². The molecule has 2 heterocycles. The SMILES string of the molecule is CCN(CC)c1ccc(Nc2ccc(C(=O)N3CCc4ccccc43)cn2)cc1. The summed E-state index contributed by atoms with van der Waals surface area (Å²) in [6.07, 6.45) is 2.55. The molecule has 0 bridgehead atoms. The Morgan fingerprint density at radius 3 is 2.48 bits per heavy atom. The molecule has 1 aliphatic heterocycles. The van der Waals surface area contributed by atoms with E-state index in [1.54, 1.807) is 6.20 Å². The molecule has 4 rings (SSSR count). The number of anilines is 4. The van der Waals surface area contributed by atoms with E-state index in [1.165, 1.54) is 11.3 Å². The van der Waals surface area contributed by atoms with Crippen LogP contribution >= 0.6 is 0 Å². The fourth-order valence-corrected chi connectivity index (χ4v) is 3.79. The fourth-order valence-electron chi connectivity index (χ4n) is 3.79. The van der Waals surface area contributed by atoms with E-state index in [4.69, 9.17) is 0 Å². The van der Waals surface area contributed by atoms with Crippen LogP contribution in [0.5, 0.6) is 0 Å². The van der Waals surface area contributed by atoms with E-state index in [9.17, 15) is 4.79 Å². The van der Waals surface area contributed by atoms with Gasteiger partial charge in [0.2, 0.25) is 0 Å². The van der Waals surface area contributed by atoms with Gasteiger partial charge in [0.1, 0.15) is 5.82 Å². The van der Waals surface area contributed by atoms with Crippen LogP contribution in [0.3, 0.4) is 0 Å². The Balaban J connectivity index is 1.44. The maximum absolute atomic E-state index is 12.9. The van der Waals surface area contributed by atoms with Gasteiger partial charge in [0.15, 0.2) is 0 Å². The maximum Gasteiger partial charge on any atom is 0.259 e. The lowest BCUT2D eigenvalue weighted by molar-refractivity contribution is 0.0989. The number of hydrogen-bond acceptors (Lipinski definition) is 4. The lowest BCUT2D eigenvalue weighted by atomic mass is 10.2. The highest BCUT2D eigenvalue weighted by atomic mass is 16.2. The van der Waals surface area contributed by atoms with E-state index in [0.717, 1.165) is 43.2 Å². The lowest BCUT2D eigenvalue weighted by Gasteiger charge is -2.21. The predicted molar refractivity (Wildman–Crippen MR) is 119 cm³/mol. The summed E-state index contributed by atoms with van der Waals surface area (Å²) in [6, 6.07) is 20.1. The second-order valence-electron chi connectivity index (χ2n) is 7.11. The van der Waals surface area contributed by atoms with Crippen LogP contribution in [0.1, 0.15) is 29.8 Å². The van der Waals surface area contributed by atoms with E-state index in [-0.39, 0.29) is 5.91 Å². The highest BCUT2D eigenvalue weighted by Gasteiger charge is 2.25. The number of para-hydroxylation sites is 1. The van der Waals surface area contributed by atoms with E-state index in [0.29, 0.717) is 5.56 Å². The van der Waals surface area contributed by atoms with Gasteiger partial charge < -0.3 is 15.1 Å². The molecule has 1 N–H and O–H groups in total. The largest absolute Gasteiger partial charge is 0.372 e. The Kier molecular flexibility index (Phi) is 5.47. The van der Waals surface area contributed by atoms with Crippen LogP contribution < -0.4 is 15.1 Å². The van der Waals surface area contributed by atoms with Crippen LogP contribution in [-0.4, -0.2) is 30.5 Å². The third-order valence-electron chi connectivity index (χ3n) is 5.41. The molecule has 0 aliphatic carbocycles. The van der Waals surface area contributed by atoms with Gasteiger partial charge in [0.25, 0.3) is 5.91 Å². The Labute approximate surface area is 172 Å². The van der Waals surface area contributed by atoms with Crippen LogP contribution in [0.15, 0.2) is 66.9 Å². The van der Waals surface area contributed by atoms with Gasteiger partial charge in [-0.3, -0.25) is 4.79 Å². The molecule has 0 saturated carbocycles. The van der Waals surface area contributed by atoms with Crippen LogP contribution in [0.2, 0.25) is 0 Å². The van der Waals surface area contributed by atoms with Crippen molar-refractivity contribution in [2.75, 3.05) is 34.8 Å². The number of pyridine rings is 1. The molecule has 0 spiro atoms. The molecule has 29 heavy (non-hydrogen) atoms. The zero-order valence-corrected chi connectivity index (χ0v) is 16.9. The summed E-state index contributed by atoms with van der Waals surface area (Å²) in [4.78, 5) is 21.5. The van der Waals surface area contributed by atoms with Crippen molar-refractivity contribution in [3.8, 4) is 0 Å². The average Bonchev–Trinajstić information content (AvgIpc) is 3.20. The molecule has 0 atom stereocenters. The Morgan fingerprint density at radius 2 is 1.79 bits per heavy atom. The summed E-state index contributed by atoms with van der Waals surface area (Å²) in [5.41, 5.74) is 5.01. The third kappa shape index (κ3) is 3.94. The van der Waals surface area contributed by atoms with Gasteiger partial charge >= 0.3 is 0 Å². The van der Waals surface area contributed by atoms with E-state index >= 15 is 0 Å². The molecule has 1 aromatic heterocycles. The van der Waals surface area contributed by atoms with Crippen molar-refractivity contribution >= 4 is 28.8 Å². The molecule has 5 heteroatoms. The van der Waals surface area contributed by atoms with Crippen LogP contribution in [0.4, 0.5) is 22.9 Å². The van der Waals surface area contributed by atoms with Gasteiger partial charge in [0, 0.05) is 42.9 Å². The van der Waals surface area contributed by atoms with Gasteiger partial charge in [-0.25, -0.2) is 4.98 Å². The number of carbonyl (C=O) groups is 1. The predicted octanol–water partition coefficient (Wildman–Crippen LogP) is 4.87. The fraction of sp³-hybridized carbons (Fsp3) is 0.250. The zero-order valence-electron chi connectivity index (χ0n) is 16.9. The monoisotopic (exact) mass is 386 g/mol. The van der Waals surface area contributed by atoms with Gasteiger partial charge in [-0.1, -0.05) is 18.2 Å². The molecule has 0 fully saturated rings. The third-order valence-corrected chi connectivity index (χ3v) is 5.41. The normalized spacial score (nSPS) is 12.6. The first-order chi connectivity index (χ1) is 14.2. The number of carbonyl (C=O) groups excluding carboxylic acids is 1. The Morgan fingerprint density at radius 1 is 1.03 bits per heavy atom. The zero-order chi connectivity index (χ0) is 20.2. The van der Waals surface area contributed by atoms with Crippen molar-refractivity contribution in [1.82, 2.24) is 4.98 Å².